The van der Waals surface area contributed by atoms with Gasteiger partial charge in [0.2, 0.25) is 11.8 Å². The standard InChI is InChI=1S/C25H27N3O2S/c1-5-25(6-2)19-13-17(14-26-23(19)27-24(25)30)11-12-22(29)28(4)15-21-16(3)18-9-7-8-10-20(18)31-21/h7-14H,5-6,15H2,1-4H3,(H,26,27,30)/b12-11+. The minimum Gasteiger partial charge on any atom is -0.337 e. The Labute approximate surface area is 186 Å². The Morgan fingerprint density at radius 2 is 2.00 bits per heavy atom. The molecule has 0 saturated carbocycles. The zero-order valence-electron chi connectivity index (χ0n) is 18.4. The number of likely N-dealkylation sites (N-methyl/N-ethyl adjacent to an activating group) is 1. The molecule has 0 atom stereocenters. The number of carbonyl (C=O) groups excluding carboxylic acids is 2. The van der Waals surface area contributed by atoms with Crippen LogP contribution in [0.25, 0.3) is 16.2 Å². The van der Waals surface area contributed by atoms with Gasteiger partial charge in [-0.05, 0) is 54.5 Å². The van der Waals surface area contributed by atoms with Crippen molar-refractivity contribution in [1.82, 2.24) is 9.88 Å². The number of hydrogen-bond donors (Lipinski definition) is 1. The number of aromatic nitrogens is 1. The van der Waals surface area contributed by atoms with Gasteiger partial charge in [0, 0.05) is 34.5 Å². The van der Waals surface area contributed by atoms with E-state index in [4.69, 9.17) is 0 Å². The summed E-state index contributed by atoms with van der Waals surface area (Å²) in [6.07, 6.45) is 6.49. The number of nitrogens with zero attached hydrogens (tertiary/aromatic N) is 2. The van der Waals surface area contributed by atoms with Crippen LogP contribution in [0.5, 0.6) is 0 Å². The predicted octanol–water partition coefficient (Wildman–Crippen LogP) is 5.29. The van der Waals surface area contributed by atoms with Gasteiger partial charge in [0.1, 0.15) is 5.82 Å². The summed E-state index contributed by atoms with van der Waals surface area (Å²) in [4.78, 5) is 32.6. The number of nitrogens with one attached hydrogen (secondary N) is 1. The molecule has 2 amide bonds. The summed E-state index contributed by atoms with van der Waals surface area (Å²) in [6, 6.07) is 10.3. The lowest BCUT2D eigenvalue weighted by Gasteiger charge is -2.23. The third kappa shape index (κ3) is 3.65. The fourth-order valence-electron chi connectivity index (χ4n) is 4.30. The summed E-state index contributed by atoms with van der Waals surface area (Å²) in [7, 11) is 1.82. The minimum atomic E-state index is -0.536. The van der Waals surface area contributed by atoms with Crippen LogP contribution in [0.4, 0.5) is 5.82 Å². The van der Waals surface area contributed by atoms with Gasteiger partial charge in [0.15, 0.2) is 0 Å². The molecule has 2 aromatic heterocycles. The smallest absolute Gasteiger partial charge is 0.246 e. The molecule has 4 rings (SSSR count). The average molecular weight is 434 g/mol. The van der Waals surface area contributed by atoms with Crippen molar-refractivity contribution in [3.05, 3.63) is 64.2 Å². The van der Waals surface area contributed by atoms with Gasteiger partial charge in [-0.3, -0.25) is 9.59 Å². The third-order valence-electron chi connectivity index (χ3n) is 6.42. The molecule has 0 radical (unpaired) electrons. The van der Waals surface area contributed by atoms with Gasteiger partial charge in [-0.15, -0.1) is 11.3 Å². The van der Waals surface area contributed by atoms with Crippen LogP contribution < -0.4 is 5.32 Å². The summed E-state index contributed by atoms with van der Waals surface area (Å²) < 4.78 is 1.24. The molecular formula is C25H27N3O2S. The second kappa shape index (κ2) is 8.27. The summed E-state index contributed by atoms with van der Waals surface area (Å²) in [5.41, 5.74) is 2.44. The lowest BCUT2D eigenvalue weighted by atomic mass is 9.77. The Bertz CT molecular complexity index is 1190. The van der Waals surface area contributed by atoms with Crippen molar-refractivity contribution in [3.8, 4) is 0 Å². The summed E-state index contributed by atoms with van der Waals surface area (Å²) >= 11 is 1.74. The molecule has 1 aliphatic rings. The summed E-state index contributed by atoms with van der Waals surface area (Å²) in [5, 5.41) is 4.15. The lowest BCUT2D eigenvalue weighted by Crippen LogP contribution is -2.32. The van der Waals surface area contributed by atoms with E-state index >= 15 is 0 Å². The number of pyridine rings is 1. The zero-order valence-corrected chi connectivity index (χ0v) is 19.2. The van der Waals surface area contributed by atoms with Crippen LogP contribution in [0.3, 0.4) is 0 Å². The Morgan fingerprint density at radius 3 is 2.71 bits per heavy atom. The van der Waals surface area contributed by atoms with Crippen molar-refractivity contribution in [2.45, 2.75) is 45.6 Å². The normalized spacial score (nSPS) is 14.8. The fourth-order valence-corrected chi connectivity index (χ4v) is 5.57. The Balaban J connectivity index is 1.51. The van der Waals surface area contributed by atoms with Crippen LogP contribution in [-0.2, 0) is 21.5 Å². The number of hydrogen-bond acceptors (Lipinski definition) is 4. The van der Waals surface area contributed by atoms with Crippen molar-refractivity contribution >= 4 is 45.1 Å². The van der Waals surface area contributed by atoms with Gasteiger partial charge in [0.25, 0.3) is 0 Å². The van der Waals surface area contributed by atoms with Crippen LogP contribution in [0.15, 0.2) is 42.6 Å². The molecule has 6 heteroatoms. The van der Waals surface area contributed by atoms with Crippen LogP contribution in [0.1, 0.15) is 48.3 Å². The first-order valence-electron chi connectivity index (χ1n) is 10.6. The number of rotatable bonds is 6. The molecular weight excluding hydrogens is 406 g/mol. The predicted molar refractivity (Wildman–Crippen MR) is 127 cm³/mol. The molecule has 31 heavy (non-hydrogen) atoms. The number of benzene rings is 1. The van der Waals surface area contributed by atoms with E-state index in [1.807, 2.05) is 39.1 Å². The van der Waals surface area contributed by atoms with Crippen LogP contribution in [0, 0.1) is 6.92 Å². The Morgan fingerprint density at radius 1 is 1.26 bits per heavy atom. The fraction of sp³-hybridized carbons (Fsp3) is 0.320. The number of carbonyl (C=O) groups is 2. The van der Waals surface area contributed by atoms with Crippen LogP contribution >= 0.6 is 11.3 Å². The van der Waals surface area contributed by atoms with Gasteiger partial charge < -0.3 is 10.2 Å². The van der Waals surface area contributed by atoms with E-state index in [1.54, 1.807) is 34.6 Å². The third-order valence-corrected chi connectivity index (χ3v) is 7.67. The second-order valence-electron chi connectivity index (χ2n) is 8.08. The Kier molecular flexibility index (Phi) is 5.67. The molecule has 0 bridgehead atoms. The van der Waals surface area contributed by atoms with Gasteiger partial charge in [-0.25, -0.2) is 4.98 Å². The SMILES string of the molecule is CCC1(CC)C(=O)Nc2ncc(/C=C/C(=O)N(C)Cc3sc4ccccc4c3C)cc21. The molecule has 1 aromatic carbocycles. The molecule has 0 spiro atoms. The van der Waals surface area contributed by atoms with Crippen molar-refractivity contribution in [2.24, 2.45) is 0 Å². The minimum absolute atomic E-state index is 0.00986. The first-order valence-corrected chi connectivity index (χ1v) is 11.4. The van der Waals surface area contributed by atoms with Crippen molar-refractivity contribution in [1.29, 1.82) is 0 Å². The first kappa shape index (κ1) is 21.2. The van der Waals surface area contributed by atoms with Gasteiger partial charge >= 0.3 is 0 Å². The highest BCUT2D eigenvalue weighted by Crippen LogP contribution is 2.42. The van der Waals surface area contributed by atoms with Gasteiger partial charge in [0.05, 0.1) is 12.0 Å². The number of aryl methyl sites for hydroxylation is 1. The van der Waals surface area contributed by atoms with E-state index in [2.05, 4.69) is 29.4 Å². The van der Waals surface area contributed by atoms with Crippen molar-refractivity contribution in [2.75, 3.05) is 12.4 Å². The molecule has 0 saturated heterocycles. The molecule has 5 nitrogen and oxygen atoms in total. The van der Waals surface area contributed by atoms with E-state index in [-0.39, 0.29) is 11.8 Å². The second-order valence-corrected chi connectivity index (χ2v) is 9.22. The maximum absolute atomic E-state index is 12.7. The molecule has 0 unspecified atom stereocenters. The summed E-state index contributed by atoms with van der Waals surface area (Å²) in [6.45, 7) is 6.73. The van der Waals surface area contributed by atoms with Crippen molar-refractivity contribution < 1.29 is 9.59 Å². The monoisotopic (exact) mass is 433 g/mol. The highest BCUT2D eigenvalue weighted by Gasteiger charge is 2.44. The highest BCUT2D eigenvalue weighted by molar-refractivity contribution is 7.19. The Hall–Kier alpha value is -2.99. The topological polar surface area (TPSA) is 62.3 Å². The van der Waals surface area contributed by atoms with E-state index in [9.17, 15) is 9.59 Å². The zero-order chi connectivity index (χ0) is 22.2. The highest BCUT2D eigenvalue weighted by atomic mass is 32.1. The van der Waals surface area contributed by atoms with Gasteiger partial charge in [-0.2, -0.15) is 0 Å². The molecule has 3 heterocycles. The van der Waals surface area contributed by atoms with E-state index < -0.39 is 5.41 Å². The average Bonchev–Trinajstić information content (AvgIpc) is 3.25. The van der Waals surface area contributed by atoms with Crippen molar-refractivity contribution in [3.63, 3.8) is 0 Å². The number of anilines is 1. The molecule has 0 aliphatic carbocycles. The largest absolute Gasteiger partial charge is 0.337 e. The molecule has 160 valence electrons. The summed E-state index contributed by atoms with van der Waals surface area (Å²) in [5.74, 6) is 0.578. The maximum atomic E-state index is 12.7. The first-order chi connectivity index (χ1) is 14.9. The quantitative estimate of drug-likeness (QED) is 0.538. The number of thiophene rings is 1. The molecule has 1 N–H and O–H groups in total. The number of fused-ring (bicyclic) bond motifs is 2. The molecule has 1 aliphatic heterocycles. The van der Waals surface area contributed by atoms with Crippen LogP contribution in [-0.4, -0.2) is 28.7 Å². The van der Waals surface area contributed by atoms with Crippen LogP contribution in [0.2, 0.25) is 0 Å². The van der Waals surface area contributed by atoms with Gasteiger partial charge in [-0.1, -0.05) is 32.0 Å². The molecule has 0 fully saturated rings. The van der Waals surface area contributed by atoms with E-state index in [1.165, 1.54) is 20.5 Å². The lowest BCUT2D eigenvalue weighted by molar-refractivity contribution is -0.125. The molecule has 3 aromatic rings. The van der Waals surface area contributed by atoms with E-state index in [0.717, 1.165) is 11.1 Å². The van der Waals surface area contributed by atoms with E-state index in [0.29, 0.717) is 25.2 Å². The maximum Gasteiger partial charge on any atom is 0.246 e. The number of amides is 2.